The van der Waals surface area contributed by atoms with Crippen LogP contribution >= 0.6 is 0 Å². The third-order valence-corrected chi connectivity index (χ3v) is 0. The van der Waals surface area contributed by atoms with Gasteiger partial charge in [-0.2, -0.15) is 0 Å². The van der Waals surface area contributed by atoms with Gasteiger partial charge in [0.25, 0.3) is 0 Å². The van der Waals surface area contributed by atoms with Gasteiger partial charge in [-0.1, -0.05) is 0 Å². The summed E-state index contributed by atoms with van der Waals surface area (Å²) in [7, 11) is 3.25. The van der Waals surface area contributed by atoms with Crippen molar-refractivity contribution in [1.29, 1.82) is 0 Å². The molecule has 0 heterocycles. The quantitative estimate of drug-likeness (QED) is 0.462. The minimum atomic E-state index is -0.333. The Morgan fingerprint density at radius 3 is 1.57 bits per heavy atom. The fraction of sp³-hybridized carbons (Fsp3) is 0.750. The van der Waals surface area contributed by atoms with E-state index >= 15 is 0 Å². The summed E-state index contributed by atoms with van der Waals surface area (Å²) in [6.07, 6.45) is 0. The number of hydrogen-bond acceptors (Lipinski definition) is 2. The number of hydrogen-bond donors (Lipinski definition) is 1. The number of nitrogens with two attached hydrogens (primary N) is 1. The Morgan fingerprint density at radius 2 is 1.57 bits per heavy atom. The van der Waals surface area contributed by atoms with Crippen molar-refractivity contribution in [3.63, 3.8) is 0 Å². The van der Waals surface area contributed by atoms with Gasteiger partial charge in [-0.15, -0.1) is 0 Å². The Hall–Kier alpha value is -0.570. The molecule has 7 heavy (non-hydrogen) atoms. The molecular weight excluding hydrogens is 94.0 g/mol. The van der Waals surface area contributed by atoms with Crippen molar-refractivity contribution in [2.75, 3.05) is 14.2 Å². The minimum Gasteiger partial charge on any atom is -0.388 e. The maximum atomic E-state index is 9.22. The van der Waals surface area contributed by atoms with Gasteiger partial charge in [0.15, 0.2) is 0 Å². The second kappa shape index (κ2) is 9.06. The molecule has 0 aliphatic heterocycles. The van der Waals surface area contributed by atoms with E-state index in [2.05, 4.69) is 10.5 Å². The van der Waals surface area contributed by atoms with E-state index in [1.54, 1.807) is 14.2 Å². The first kappa shape index (κ1) is 9.66. The molecule has 0 bridgehead atoms. The van der Waals surface area contributed by atoms with E-state index in [1.165, 1.54) is 6.92 Å². The van der Waals surface area contributed by atoms with Crippen molar-refractivity contribution in [2.45, 2.75) is 6.92 Å². The van der Waals surface area contributed by atoms with Gasteiger partial charge >= 0.3 is 0 Å². The molecule has 0 fully saturated rings. The van der Waals surface area contributed by atoms with Crippen molar-refractivity contribution >= 4 is 5.91 Å². The summed E-state index contributed by atoms with van der Waals surface area (Å²) in [6, 6.07) is 0. The lowest BCUT2D eigenvalue weighted by Gasteiger charge is -1.61. The molecule has 0 aliphatic carbocycles. The highest BCUT2D eigenvalue weighted by Crippen LogP contribution is 1.33. The Kier molecular flexibility index (Phi) is 12.5. The maximum absolute atomic E-state index is 9.22. The third kappa shape index (κ3) is 197. The van der Waals surface area contributed by atoms with Crippen molar-refractivity contribution in [1.82, 2.24) is 0 Å². The van der Waals surface area contributed by atoms with Crippen LogP contribution in [0, 0.1) is 0 Å². The summed E-state index contributed by atoms with van der Waals surface area (Å²) < 4.78 is 4.25. The summed E-state index contributed by atoms with van der Waals surface area (Å²) in [4.78, 5) is 9.22. The lowest BCUT2D eigenvalue weighted by molar-refractivity contribution is -0.115. The number of carbonyl (C=O) groups is 1. The molecule has 0 aromatic rings. The molecule has 0 atom stereocenters. The fourth-order valence-corrected chi connectivity index (χ4v) is 0. The molecule has 3 heteroatoms. The molecule has 0 aromatic heterocycles. The standard InChI is InChI=1S/C2H5NO.C2H6O/c1-2(3)4;1-3-2/h1H3,(H2,3,4);1-2H3. The molecule has 0 aliphatic rings. The molecule has 2 N–H and O–H groups in total. The van der Waals surface area contributed by atoms with Crippen LogP contribution < -0.4 is 5.73 Å². The second-order valence-electron chi connectivity index (χ2n) is 1.02. The van der Waals surface area contributed by atoms with Crippen LogP contribution in [0.1, 0.15) is 6.92 Å². The number of rotatable bonds is 0. The highest BCUT2D eigenvalue weighted by Gasteiger charge is 1.61. The normalized spacial score (nSPS) is 6.14. The molecule has 0 spiro atoms. The average molecular weight is 105 g/mol. The zero-order valence-corrected chi connectivity index (χ0v) is 4.89. The Morgan fingerprint density at radius 1 is 1.57 bits per heavy atom. The Balaban J connectivity index is 0. The van der Waals surface area contributed by atoms with Gasteiger partial charge in [0.2, 0.25) is 5.91 Å². The van der Waals surface area contributed by atoms with Crippen molar-refractivity contribution in [3.8, 4) is 0 Å². The molecular formula is C4H11NO2. The van der Waals surface area contributed by atoms with E-state index in [4.69, 9.17) is 0 Å². The summed E-state index contributed by atoms with van der Waals surface area (Å²) in [5, 5.41) is 0. The summed E-state index contributed by atoms with van der Waals surface area (Å²) in [5.74, 6) is -0.333. The van der Waals surface area contributed by atoms with Crippen molar-refractivity contribution in [2.24, 2.45) is 5.73 Å². The lowest BCUT2D eigenvalue weighted by Crippen LogP contribution is -2.01. The van der Waals surface area contributed by atoms with Crippen LogP contribution in [-0.4, -0.2) is 20.1 Å². The summed E-state index contributed by atoms with van der Waals surface area (Å²) in [6.45, 7) is 1.31. The van der Waals surface area contributed by atoms with Crippen LogP contribution in [0.3, 0.4) is 0 Å². The van der Waals surface area contributed by atoms with Crippen molar-refractivity contribution < 1.29 is 9.53 Å². The molecule has 3 nitrogen and oxygen atoms in total. The number of carbonyl (C=O) groups excluding carboxylic acids is 1. The van der Waals surface area contributed by atoms with Gasteiger partial charge in [-0.25, -0.2) is 0 Å². The summed E-state index contributed by atoms with van der Waals surface area (Å²) in [5.41, 5.74) is 4.47. The zero-order valence-electron chi connectivity index (χ0n) is 4.89. The maximum Gasteiger partial charge on any atom is 0.214 e. The van der Waals surface area contributed by atoms with Crippen LogP contribution in [0.25, 0.3) is 0 Å². The topological polar surface area (TPSA) is 52.3 Å². The first-order valence-corrected chi connectivity index (χ1v) is 1.81. The highest BCUT2D eigenvalue weighted by atomic mass is 16.4. The van der Waals surface area contributed by atoms with Crippen LogP contribution in [-0.2, 0) is 9.53 Å². The van der Waals surface area contributed by atoms with Gasteiger partial charge in [-0.3, -0.25) is 4.79 Å². The highest BCUT2D eigenvalue weighted by molar-refractivity contribution is 5.70. The van der Waals surface area contributed by atoms with E-state index in [0.717, 1.165) is 0 Å². The molecule has 0 rings (SSSR count). The smallest absolute Gasteiger partial charge is 0.214 e. The SMILES string of the molecule is CC(N)=O.COC. The molecule has 0 saturated heterocycles. The summed E-state index contributed by atoms with van der Waals surface area (Å²) >= 11 is 0. The predicted molar refractivity (Wildman–Crippen MR) is 27.8 cm³/mol. The van der Waals surface area contributed by atoms with Crippen LogP contribution in [0.5, 0.6) is 0 Å². The molecule has 0 radical (unpaired) electrons. The van der Waals surface area contributed by atoms with E-state index in [1.807, 2.05) is 0 Å². The Labute approximate surface area is 43.5 Å². The number of primary amides is 1. The third-order valence-electron chi connectivity index (χ3n) is 0. The first-order chi connectivity index (χ1) is 3.15. The van der Waals surface area contributed by atoms with Crippen LogP contribution in [0.15, 0.2) is 0 Å². The molecule has 0 unspecified atom stereocenters. The second-order valence-corrected chi connectivity index (χ2v) is 1.02. The molecule has 1 amide bonds. The first-order valence-electron chi connectivity index (χ1n) is 1.81. The average Bonchev–Trinajstić information content (AvgIpc) is 1.33. The van der Waals surface area contributed by atoms with Gasteiger partial charge in [0.05, 0.1) is 0 Å². The van der Waals surface area contributed by atoms with Gasteiger partial charge in [0, 0.05) is 21.1 Å². The molecule has 0 aromatic carbocycles. The van der Waals surface area contributed by atoms with Gasteiger partial charge in [-0.05, 0) is 0 Å². The predicted octanol–water partition coefficient (Wildman–Crippen LogP) is -0.246. The van der Waals surface area contributed by atoms with E-state index in [-0.39, 0.29) is 5.91 Å². The monoisotopic (exact) mass is 105 g/mol. The van der Waals surface area contributed by atoms with Crippen LogP contribution in [0.2, 0.25) is 0 Å². The van der Waals surface area contributed by atoms with E-state index in [0.29, 0.717) is 0 Å². The molecule has 44 valence electrons. The van der Waals surface area contributed by atoms with Crippen LogP contribution in [0.4, 0.5) is 0 Å². The largest absolute Gasteiger partial charge is 0.388 e. The fourth-order valence-electron chi connectivity index (χ4n) is 0. The lowest BCUT2D eigenvalue weighted by atomic mass is 10.8. The Bertz CT molecular complexity index is 41.0. The minimum absolute atomic E-state index is 0.333. The number of ether oxygens (including phenoxy) is 1. The van der Waals surface area contributed by atoms with E-state index < -0.39 is 0 Å². The van der Waals surface area contributed by atoms with E-state index in [9.17, 15) is 4.79 Å². The zero-order chi connectivity index (χ0) is 6.28. The van der Waals surface area contributed by atoms with Crippen molar-refractivity contribution in [3.05, 3.63) is 0 Å². The van der Waals surface area contributed by atoms with Gasteiger partial charge < -0.3 is 10.5 Å². The molecule has 0 saturated carbocycles. The number of amides is 1. The van der Waals surface area contributed by atoms with Gasteiger partial charge in [0.1, 0.15) is 0 Å². The number of methoxy groups -OCH3 is 1.